The van der Waals surface area contributed by atoms with E-state index in [-0.39, 0.29) is 0 Å². The third kappa shape index (κ3) is 2.40. The molecule has 2 aromatic rings. The van der Waals surface area contributed by atoms with Crippen molar-refractivity contribution in [3.63, 3.8) is 0 Å². The van der Waals surface area contributed by atoms with Crippen LogP contribution >= 0.6 is 0 Å². The average Bonchev–Trinajstić information content (AvgIpc) is 2.29. The van der Waals surface area contributed by atoms with E-state index in [1.54, 1.807) is 0 Å². The van der Waals surface area contributed by atoms with E-state index in [2.05, 4.69) is 0 Å². The first-order chi connectivity index (χ1) is 8.00. The summed E-state index contributed by atoms with van der Waals surface area (Å²) in [6, 6.07) is 16.0. The summed E-state index contributed by atoms with van der Waals surface area (Å²) in [6.45, 7) is 5.92. The molecule has 0 aliphatic heterocycles. The average molecular weight is 226 g/mol. The van der Waals surface area contributed by atoms with Crippen LogP contribution in [-0.4, -0.2) is 5.11 Å². The predicted molar refractivity (Wildman–Crippen MR) is 71.0 cm³/mol. The summed E-state index contributed by atoms with van der Waals surface area (Å²) < 4.78 is 0. The van der Waals surface area contributed by atoms with E-state index in [1.165, 1.54) is 0 Å². The summed E-state index contributed by atoms with van der Waals surface area (Å²) in [6.07, 6.45) is 0. The van der Waals surface area contributed by atoms with Crippen LogP contribution < -0.4 is 0 Å². The second kappa shape index (κ2) is 4.34. The van der Waals surface area contributed by atoms with Gasteiger partial charge in [-0.05, 0) is 31.9 Å². The monoisotopic (exact) mass is 226 g/mol. The van der Waals surface area contributed by atoms with Gasteiger partial charge in [0.05, 0.1) is 0 Å². The van der Waals surface area contributed by atoms with Crippen LogP contribution in [0.4, 0.5) is 0 Å². The minimum Gasteiger partial charge on any atom is -0.381 e. The van der Waals surface area contributed by atoms with Crippen molar-refractivity contribution >= 4 is 0 Å². The fourth-order valence-corrected chi connectivity index (χ4v) is 2.06. The number of hydrogen-bond acceptors (Lipinski definition) is 1. The summed E-state index contributed by atoms with van der Waals surface area (Å²) in [7, 11) is 0. The molecular weight excluding hydrogens is 208 g/mol. The Balaban J connectivity index is 2.49. The Labute approximate surface area is 103 Å². The Bertz CT molecular complexity index is 479. The topological polar surface area (TPSA) is 20.2 Å². The van der Waals surface area contributed by atoms with Crippen LogP contribution in [0.25, 0.3) is 0 Å². The number of aryl methyl sites for hydroxylation is 2. The molecule has 0 radical (unpaired) electrons. The van der Waals surface area contributed by atoms with E-state index in [1.807, 2.05) is 69.3 Å². The van der Waals surface area contributed by atoms with E-state index >= 15 is 0 Å². The molecule has 1 heteroatoms. The molecule has 0 heterocycles. The van der Waals surface area contributed by atoms with E-state index in [4.69, 9.17) is 0 Å². The van der Waals surface area contributed by atoms with Crippen molar-refractivity contribution in [2.45, 2.75) is 26.4 Å². The number of benzene rings is 2. The number of aliphatic hydroxyl groups is 1. The molecular formula is C16H18O. The van der Waals surface area contributed by atoms with Crippen LogP contribution in [-0.2, 0) is 5.60 Å². The first-order valence-corrected chi connectivity index (χ1v) is 5.87. The van der Waals surface area contributed by atoms with E-state index in [0.717, 1.165) is 22.3 Å². The van der Waals surface area contributed by atoms with Gasteiger partial charge in [0.2, 0.25) is 0 Å². The van der Waals surface area contributed by atoms with Gasteiger partial charge in [0.1, 0.15) is 5.60 Å². The van der Waals surface area contributed by atoms with Gasteiger partial charge >= 0.3 is 0 Å². The Morgan fingerprint density at radius 3 is 1.59 bits per heavy atom. The van der Waals surface area contributed by atoms with Gasteiger partial charge in [-0.25, -0.2) is 0 Å². The maximum Gasteiger partial charge on any atom is 0.112 e. The Morgan fingerprint density at radius 2 is 1.24 bits per heavy atom. The summed E-state index contributed by atoms with van der Waals surface area (Å²) >= 11 is 0. The van der Waals surface area contributed by atoms with Crippen LogP contribution in [0.1, 0.15) is 29.2 Å². The molecule has 0 saturated carbocycles. The molecule has 0 aliphatic rings. The summed E-state index contributed by atoms with van der Waals surface area (Å²) in [5.74, 6) is 0. The fourth-order valence-electron chi connectivity index (χ4n) is 2.06. The summed E-state index contributed by atoms with van der Waals surface area (Å²) in [5.41, 5.74) is 3.26. The van der Waals surface area contributed by atoms with Crippen molar-refractivity contribution in [3.8, 4) is 0 Å². The molecule has 0 unspecified atom stereocenters. The van der Waals surface area contributed by atoms with E-state index < -0.39 is 5.60 Å². The van der Waals surface area contributed by atoms with Crippen LogP contribution in [0, 0.1) is 13.8 Å². The van der Waals surface area contributed by atoms with E-state index in [0.29, 0.717) is 0 Å². The largest absolute Gasteiger partial charge is 0.381 e. The highest BCUT2D eigenvalue weighted by Gasteiger charge is 2.25. The lowest BCUT2D eigenvalue weighted by molar-refractivity contribution is 0.102. The molecule has 17 heavy (non-hydrogen) atoms. The molecule has 2 aromatic carbocycles. The molecule has 0 aliphatic carbocycles. The highest BCUT2D eigenvalue weighted by atomic mass is 16.3. The molecule has 1 N–H and O–H groups in total. The predicted octanol–water partition coefficient (Wildman–Crippen LogP) is 3.56. The van der Waals surface area contributed by atoms with Crippen molar-refractivity contribution in [2.75, 3.05) is 0 Å². The molecule has 88 valence electrons. The maximum atomic E-state index is 10.7. The second-order valence-electron chi connectivity index (χ2n) is 4.81. The first-order valence-electron chi connectivity index (χ1n) is 5.87. The van der Waals surface area contributed by atoms with Gasteiger partial charge in [0.15, 0.2) is 0 Å². The lowest BCUT2D eigenvalue weighted by Crippen LogP contribution is -2.22. The quantitative estimate of drug-likeness (QED) is 0.830. The van der Waals surface area contributed by atoms with Crippen molar-refractivity contribution < 1.29 is 5.11 Å². The molecule has 0 saturated heterocycles. The van der Waals surface area contributed by atoms with Gasteiger partial charge in [0, 0.05) is 0 Å². The molecule has 1 nitrogen and oxygen atoms in total. The van der Waals surface area contributed by atoms with Crippen LogP contribution in [0.2, 0.25) is 0 Å². The van der Waals surface area contributed by atoms with E-state index in [9.17, 15) is 5.11 Å². The lowest BCUT2D eigenvalue weighted by Gasteiger charge is -2.25. The van der Waals surface area contributed by atoms with Crippen LogP contribution in [0.5, 0.6) is 0 Å². The van der Waals surface area contributed by atoms with Crippen molar-refractivity contribution in [1.29, 1.82) is 0 Å². The number of hydrogen-bond donors (Lipinski definition) is 1. The van der Waals surface area contributed by atoms with Crippen LogP contribution in [0.15, 0.2) is 48.5 Å². The minimum absolute atomic E-state index is 0.933. The Morgan fingerprint density at radius 1 is 0.824 bits per heavy atom. The molecule has 2 rings (SSSR count). The zero-order chi connectivity index (χ0) is 12.5. The third-order valence-corrected chi connectivity index (χ3v) is 3.16. The highest BCUT2D eigenvalue weighted by molar-refractivity contribution is 5.38. The maximum absolute atomic E-state index is 10.7. The second-order valence-corrected chi connectivity index (χ2v) is 4.81. The molecule has 0 bridgehead atoms. The van der Waals surface area contributed by atoms with Crippen molar-refractivity contribution in [3.05, 3.63) is 70.8 Å². The van der Waals surface area contributed by atoms with Gasteiger partial charge in [-0.3, -0.25) is 0 Å². The minimum atomic E-state index is -0.933. The van der Waals surface area contributed by atoms with Gasteiger partial charge in [0.25, 0.3) is 0 Å². The summed E-state index contributed by atoms with van der Waals surface area (Å²) in [5, 5.41) is 10.7. The summed E-state index contributed by atoms with van der Waals surface area (Å²) in [4.78, 5) is 0. The highest BCUT2D eigenvalue weighted by Crippen LogP contribution is 2.29. The smallest absolute Gasteiger partial charge is 0.112 e. The zero-order valence-corrected chi connectivity index (χ0v) is 10.6. The third-order valence-electron chi connectivity index (χ3n) is 3.16. The van der Waals surface area contributed by atoms with Gasteiger partial charge in [-0.1, -0.05) is 59.7 Å². The molecule has 0 fully saturated rings. The van der Waals surface area contributed by atoms with Crippen molar-refractivity contribution in [2.24, 2.45) is 0 Å². The molecule has 0 atom stereocenters. The van der Waals surface area contributed by atoms with Crippen LogP contribution in [0.3, 0.4) is 0 Å². The van der Waals surface area contributed by atoms with Gasteiger partial charge in [-0.15, -0.1) is 0 Å². The SMILES string of the molecule is Cc1cccc(C(C)(O)c2cccc(C)c2)c1. The molecule has 0 amide bonds. The lowest BCUT2D eigenvalue weighted by atomic mass is 9.87. The molecule has 0 aromatic heterocycles. The van der Waals surface area contributed by atoms with Crippen molar-refractivity contribution in [1.82, 2.24) is 0 Å². The van der Waals surface area contributed by atoms with Gasteiger partial charge in [-0.2, -0.15) is 0 Å². The fraction of sp³-hybridized carbons (Fsp3) is 0.250. The standard InChI is InChI=1S/C16H18O/c1-12-6-4-8-14(10-12)16(3,17)15-9-5-7-13(2)11-15/h4-11,17H,1-3H3. The normalized spacial score (nSPS) is 11.5. The first kappa shape index (κ1) is 11.9. The molecule has 0 spiro atoms. The Hall–Kier alpha value is -1.60. The number of rotatable bonds is 2. The Kier molecular flexibility index (Phi) is 3.03. The van der Waals surface area contributed by atoms with Gasteiger partial charge < -0.3 is 5.11 Å². The zero-order valence-electron chi connectivity index (χ0n) is 10.6.